The SMILES string of the molecule is C=C.C=C.C=CF. The topological polar surface area (TPSA) is 0 Å². The van der Waals surface area contributed by atoms with Crippen LogP contribution in [0.25, 0.3) is 0 Å². The van der Waals surface area contributed by atoms with Crippen molar-refractivity contribution in [1.29, 1.82) is 0 Å². The van der Waals surface area contributed by atoms with Gasteiger partial charge in [-0.3, -0.25) is 0 Å². The van der Waals surface area contributed by atoms with E-state index in [-0.39, 0.29) is 6.33 Å². The van der Waals surface area contributed by atoms with Crippen molar-refractivity contribution in [3.8, 4) is 0 Å². The van der Waals surface area contributed by atoms with Crippen LogP contribution in [-0.4, -0.2) is 0 Å². The fourth-order valence-electron chi connectivity index (χ4n) is 0. The van der Waals surface area contributed by atoms with Gasteiger partial charge >= 0.3 is 0 Å². The number of hydrogen-bond acceptors (Lipinski definition) is 0. The zero-order valence-corrected chi connectivity index (χ0v) is 4.49. The largest absolute Gasteiger partial charge is 0.216 e. The van der Waals surface area contributed by atoms with Gasteiger partial charge in [-0.2, -0.15) is 0 Å². The molecule has 0 fully saturated rings. The van der Waals surface area contributed by atoms with Gasteiger partial charge in [0.2, 0.25) is 0 Å². The van der Waals surface area contributed by atoms with E-state index >= 15 is 0 Å². The molecule has 0 unspecified atom stereocenters. The van der Waals surface area contributed by atoms with Crippen molar-refractivity contribution in [2.24, 2.45) is 0 Å². The van der Waals surface area contributed by atoms with Gasteiger partial charge in [0.25, 0.3) is 0 Å². The minimum Gasteiger partial charge on any atom is -0.216 e. The first-order valence-electron chi connectivity index (χ1n) is 1.63. The van der Waals surface area contributed by atoms with E-state index in [4.69, 9.17) is 0 Å². The van der Waals surface area contributed by atoms with E-state index in [9.17, 15) is 4.39 Å². The van der Waals surface area contributed by atoms with Gasteiger partial charge in [0.1, 0.15) is 0 Å². The molecule has 0 saturated heterocycles. The first kappa shape index (κ1) is 16.4. The molecule has 0 saturated carbocycles. The normalized spacial score (nSPS) is 3.00. The molecule has 0 radical (unpaired) electrons. The summed E-state index contributed by atoms with van der Waals surface area (Å²) in [7, 11) is 0. The summed E-state index contributed by atoms with van der Waals surface area (Å²) in [5, 5.41) is 0. The summed E-state index contributed by atoms with van der Waals surface area (Å²) in [5.74, 6) is 0. The maximum absolute atomic E-state index is 10.1. The highest BCUT2D eigenvalue weighted by Gasteiger charge is 1.19. The fraction of sp³-hybridized carbons (Fsp3) is 0. The molecule has 0 aliphatic heterocycles. The van der Waals surface area contributed by atoms with Crippen molar-refractivity contribution < 1.29 is 4.39 Å². The molecule has 0 N–H and O–H groups in total. The lowest BCUT2D eigenvalue weighted by Gasteiger charge is -1.28. The predicted molar refractivity (Wildman–Crippen MR) is 33.8 cm³/mol. The van der Waals surface area contributed by atoms with Gasteiger partial charge in [0.05, 0.1) is 6.33 Å². The monoisotopic (exact) mass is 102 g/mol. The van der Waals surface area contributed by atoms with Gasteiger partial charge in [0, 0.05) is 0 Å². The summed E-state index contributed by atoms with van der Waals surface area (Å²) in [6, 6.07) is 0. The molecule has 1 heteroatoms. The summed E-state index contributed by atoms with van der Waals surface area (Å²) in [4.78, 5) is 0. The van der Waals surface area contributed by atoms with Crippen LogP contribution >= 0.6 is 0 Å². The van der Waals surface area contributed by atoms with E-state index in [2.05, 4.69) is 32.9 Å². The van der Waals surface area contributed by atoms with Crippen LogP contribution in [0.5, 0.6) is 0 Å². The molecule has 42 valence electrons. The average Bonchev–Trinajstić information content (AvgIpc) is 1.78. The molecule has 7 heavy (non-hydrogen) atoms. The Kier molecular flexibility index (Phi) is 9260. The summed E-state index contributed by atoms with van der Waals surface area (Å²) in [5.41, 5.74) is 0. The average molecular weight is 102 g/mol. The van der Waals surface area contributed by atoms with Gasteiger partial charge < -0.3 is 0 Å². The number of rotatable bonds is 0. The van der Waals surface area contributed by atoms with Crippen LogP contribution in [0.15, 0.2) is 39.2 Å². The van der Waals surface area contributed by atoms with Gasteiger partial charge in [0.15, 0.2) is 0 Å². The van der Waals surface area contributed by atoms with Crippen molar-refractivity contribution in [1.82, 2.24) is 0 Å². The Labute approximate surface area is 44.7 Å². The third-order valence-corrected chi connectivity index (χ3v) is 0. The molecule has 0 heterocycles. The highest BCUT2D eigenvalue weighted by atomic mass is 19.1. The first-order chi connectivity index (χ1) is 3.41. The second-order valence-corrected chi connectivity index (χ2v) is 0.154. The molecule has 0 bridgehead atoms. The van der Waals surface area contributed by atoms with Crippen LogP contribution < -0.4 is 0 Å². The maximum atomic E-state index is 10.1. The Morgan fingerprint density at radius 2 is 1.00 bits per heavy atom. The smallest absolute Gasteiger partial charge is 0.0795 e. The predicted octanol–water partition coefficient (Wildman–Crippen LogP) is 2.70. The van der Waals surface area contributed by atoms with Crippen molar-refractivity contribution in [2.75, 3.05) is 0 Å². The third kappa shape index (κ3) is 70.7. The molecule has 0 aliphatic rings. The van der Waals surface area contributed by atoms with Crippen molar-refractivity contribution in [3.05, 3.63) is 39.2 Å². The molecule has 0 aromatic heterocycles. The second-order valence-electron chi connectivity index (χ2n) is 0.154. The molecule has 0 aliphatic carbocycles. The Morgan fingerprint density at radius 3 is 1.00 bits per heavy atom. The van der Waals surface area contributed by atoms with E-state index in [1.165, 1.54) is 0 Å². The number of halogens is 1. The lowest BCUT2D eigenvalue weighted by molar-refractivity contribution is 0.725. The van der Waals surface area contributed by atoms with E-state index in [1.54, 1.807) is 0 Å². The van der Waals surface area contributed by atoms with E-state index in [0.29, 0.717) is 0 Å². The fourth-order valence-corrected chi connectivity index (χ4v) is 0. The zero-order valence-electron chi connectivity index (χ0n) is 4.49. The lowest BCUT2D eigenvalue weighted by atomic mass is 11.2. The lowest BCUT2D eigenvalue weighted by Crippen LogP contribution is -0.990. The van der Waals surface area contributed by atoms with Gasteiger partial charge in [-0.15, -0.1) is 26.3 Å². The van der Waals surface area contributed by atoms with Crippen molar-refractivity contribution >= 4 is 0 Å². The summed E-state index contributed by atoms with van der Waals surface area (Å²) < 4.78 is 10.1. The highest BCUT2D eigenvalue weighted by Crippen LogP contribution is 1.48. The van der Waals surface area contributed by atoms with Crippen LogP contribution in [0.3, 0.4) is 0 Å². The van der Waals surface area contributed by atoms with Crippen molar-refractivity contribution in [2.45, 2.75) is 0 Å². The van der Waals surface area contributed by atoms with Crippen LogP contribution in [0.2, 0.25) is 0 Å². The van der Waals surface area contributed by atoms with E-state index in [1.807, 2.05) is 0 Å². The quantitative estimate of drug-likeness (QED) is 0.412. The Balaban J connectivity index is -0.0000000360. The molecular weight excluding hydrogens is 91.1 g/mol. The first-order valence-corrected chi connectivity index (χ1v) is 1.63. The second kappa shape index (κ2) is 3940. The zero-order chi connectivity index (χ0) is 6.71. The molecule has 0 atom stereocenters. The molecule has 0 spiro atoms. The molecular formula is C6H11F. The molecule has 0 rings (SSSR count). The molecule has 0 aromatic carbocycles. The standard InChI is InChI=1S/C2H3F.2C2H4/c1-2-3;2*1-2/h2H,1H2;2*1-2H2. The minimum absolute atomic E-state index is 0.250. The molecule has 0 amide bonds. The van der Waals surface area contributed by atoms with Gasteiger partial charge in [-0.25, -0.2) is 4.39 Å². The highest BCUT2D eigenvalue weighted by molar-refractivity contribution is 4.39. The summed E-state index contributed by atoms with van der Waals surface area (Å²) in [6.07, 6.45) is 0.250. The van der Waals surface area contributed by atoms with Crippen LogP contribution in [-0.2, 0) is 0 Å². The van der Waals surface area contributed by atoms with Crippen LogP contribution in [0.1, 0.15) is 0 Å². The molecule has 0 nitrogen and oxygen atoms in total. The summed E-state index contributed by atoms with van der Waals surface area (Å²) >= 11 is 0. The Bertz CT molecular complexity index is 23.4. The van der Waals surface area contributed by atoms with Crippen LogP contribution in [0.4, 0.5) is 4.39 Å². The Morgan fingerprint density at radius 1 is 1.00 bits per heavy atom. The van der Waals surface area contributed by atoms with Crippen LogP contribution in [0, 0.1) is 0 Å². The third-order valence-electron chi connectivity index (χ3n) is 0. The maximum Gasteiger partial charge on any atom is 0.0795 e. The minimum atomic E-state index is 0.250. The van der Waals surface area contributed by atoms with Gasteiger partial charge in [-0.05, 0) is 0 Å². The van der Waals surface area contributed by atoms with E-state index in [0.717, 1.165) is 0 Å². The number of hydrogen-bond donors (Lipinski definition) is 0. The summed E-state index contributed by atoms with van der Waals surface area (Å²) in [6.45, 7) is 14.7. The molecule has 0 aromatic rings. The van der Waals surface area contributed by atoms with E-state index < -0.39 is 0 Å². The van der Waals surface area contributed by atoms with Gasteiger partial charge in [-0.1, -0.05) is 6.58 Å². The van der Waals surface area contributed by atoms with Crippen molar-refractivity contribution in [3.63, 3.8) is 0 Å². The Hall–Kier alpha value is -0.850.